The lowest BCUT2D eigenvalue weighted by Crippen LogP contribution is -2.43. The van der Waals surface area contributed by atoms with Gasteiger partial charge in [0, 0.05) is 18.7 Å². The summed E-state index contributed by atoms with van der Waals surface area (Å²) in [5.74, 6) is -0.982. The number of benzene rings is 2. The van der Waals surface area contributed by atoms with E-state index in [1.54, 1.807) is 44.2 Å². The van der Waals surface area contributed by atoms with E-state index in [1.807, 2.05) is 0 Å². The molecular formula is C22H18F3N3O4. The smallest absolute Gasteiger partial charge is 0.573 e. The van der Waals surface area contributed by atoms with Crippen molar-refractivity contribution in [2.24, 2.45) is 0 Å². The first-order valence-electron chi connectivity index (χ1n) is 9.61. The summed E-state index contributed by atoms with van der Waals surface area (Å²) < 4.78 is 41.7. The number of anilines is 1. The minimum Gasteiger partial charge on any atom is -0.618 e. The first kappa shape index (κ1) is 21.4. The zero-order valence-electron chi connectivity index (χ0n) is 17.1. The minimum atomic E-state index is -4.85. The molecule has 2 aromatic carbocycles. The number of urea groups is 1. The van der Waals surface area contributed by atoms with Gasteiger partial charge in [-0.1, -0.05) is 12.1 Å². The summed E-state index contributed by atoms with van der Waals surface area (Å²) in [6, 6.07) is 12.4. The monoisotopic (exact) mass is 445 g/mol. The van der Waals surface area contributed by atoms with Crippen LogP contribution in [0.4, 0.5) is 23.7 Å². The number of para-hydroxylation sites is 1. The van der Waals surface area contributed by atoms with Crippen LogP contribution >= 0.6 is 0 Å². The maximum atomic E-state index is 13.2. The zero-order valence-corrected chi connectivity index (χ0v) is 17.1. The number of pyridine rings is 1. The molecule has 1 saturated heterocycles. The Morgan fingerprint density at radius 3 is 2.34 bits per heavy atom. The molecule has 2 heterocycles. The summed E-state index contributed by atoms with van der Waals surface area (Å²) >= 11 is 0. The molecule has 3 amide bonds. The molecule has 1 aromatic heterocycles. The lowest BCUT2D eigenvalue weighted by Gasteiger charge is -2.28. The van der Waals surface area contributed by atoms with E-state index in [-0.39, 0.29) is 12.2 Å². The number of carbonyl (C=O) groups is 2. The van der Waals surface area contributed by atoms with Crippen LogP contribution in [0.2, 0.25) is 0 Å². The van der Waals surface area contributed by atoms with Crippen molar-refractivity contribution in [1.29, 1.82) is 0 Å². The van der Waals surface area contributed by atoms with Gasteiger partial charge in [0.15, 0.2) is 6.20 Å². The second kappa shape index (κ2) is 7.40. The van der Waals surface area contributed by atoms with Gasteiger partial charge in [-0.3, -0.25) is 4.79 Å². The topological polar surface area (TPSA) is 76.8 Å². The molecule has 0 saturated carbocycles. The van der Waals surface area contributed by atoms with Gasteiger partial charge < -0.3 is 14.8 Å². The van der Waals surface area contributed by atoms with Crippen molar-refractivity contribution in [2.45, 2.75) is 32.3 Å². The van der Waals surface area contributed by atoms with Crippen LogP contribution in [0.15, 0.2) is 60.8 Å². The van der Waals surface area contributed by atoms with Gasteiger partial charge in [-0.25, -0.2) is 9.69 Å². The van der Waals surface area contributed by atoms with E-state index >= 15 is 0 Å². The van der Waals surface area contributed by atoms with Gasteiger partial charge in [-0.15, -0.1) is 13.2 Å². The fourth-order valence-electron chi connectivity index (χ4n) is 3.70. The molecule has 32 heavy (non-hydrogen) atoms. The van der Waals surface area contributed by atoms with Crippen LogP contribution in [0.5, 0.6) is 5.75 Å². The summed E-state index contributed by atoms with van der Waals surface area (Å²) in [6.45, 7) is 3.24. The highest BCUT2D eigenvalue weighted by atomic mass is 19.4. The average Bonchev–Trinajstić information content (AvgIpc) is 2.89. The van der Waals surface area contributed by atoms with Crippen molar-refractivity contribution in [3.8, 4) is 5.75 Å². The third kappa shape index (κ3) is 3.68. The molecule has 3 aromatic rings. The third-order valence-corrected chi connectivity index (χ3v) is 5.38. The van der Waals surface area contributed by atoms with E-state index in [4.69, 9.17) is 0 Å². The van der Waals surface area contributed by atoms with E-state index in [1.165, 1.54) is 23.2 Å². The molecule has 7 nitrogen and oxygen atoms in total. The molecule has 166 valence electrons. The lowest BCUT2D eigenvalue weighted by atomic mass is 10.0. The Morgan fingerprint density at radius 1 is 1.03 bits per heavy atom. The van der Waals surface area contributed by atoms with E-state index in [0.29, 0.717) is 16.5 Å². The van der Waals surface area contributed by atoms with Crippen LogP contribution < -0.4 is 14.4 Å². The molecule has 0 radical (unpaired) electrons. The molecule has 0 N–H and O–H groups in total. The van der Waals surface area contributed by atoms with Crippen LogP contribution in [-0.4, -0.2) is 28.7 Å². The maximum Gasteiger partial charge on any atom is 0.573 e. The largest absolute Gasteiger partial charge is 0.618 e. The quantitative estimate of drug-likeness (QED) is 0.344. The summed E-state index contributed by atoms with van der Waals surface area (Å²) in [6.07, 6.45) is -3.51. The molecule has 0 atom stereocenters. The van der Waals surface area contributed by atoms with E-state index in [9.17, 15) is 28.0 Å². The van der Waals surface area contributed by atoms with Gasteiger partial charge in [0.1, 0.15) is 11.3 Å². The normalized spacial score (nSPS) is 16.2. The number of ether oxygens (including phenoxy) is 1. The molecule has 0 bridgehead atoms. The molecule has 1 aliphatic heterocycles. The summed E-state index contributed by atoms with van der Waals surface area (Å²) in [7, 11) is 0. The predicted molar refractivity (Wildman–Crippen MR) is 109 cm³/mol. The second-order valence-electron chi connectivity index (χ2n) is 7.79. The maximum absolute atomic E-state index is 13.2. The van der Waals surface area contributed by atoms with Crippen LogP contribution in [-0.2, 0) is 11.3 Å². The number of hydrogen-bond acceptors (Lipinski definition) is 4. The fourth-order valence-corrected chi connectivity index (χ4v) is 3.70. The minimum absolute atomic E-state index is 0.0602. The van der Waals surface area contributed by atoms with Gasteiger partial charge in [0.05, 0.1) is 11.1 Å². The number of fused-ring (bicyclic) bond motifs is 1. The average molecular weight is 445 g/mol. The van der Waals surface area contributed by atoms with Crippen LogP contribution in [0.1, 0.15) is 19.4 Å². The molecule has 0 aliphatic carbocycles. The van der Waals surface area contributed by atoms with Crippen molar-refractivity contribution in [2.75, 3.05) is 4.90 Å². The number of hydrogen-bond donors (Lipinski definition) is 0. The Bertz CT molecular complexity index is 1210. The van der Waals surface area contributed by atoms with Gasteiger partial charge in [-0.05, 0) is 49.7 Å². The predicted octanol–water partition coefficient (Wildman–Crippen LogP) is 4.12. The number of rotatable bonds is 4. The summed E-state index contributed by atoms with van der Waals surface area (Å²) in [5, 5.41) is 12.7. The van der Waals surface area contributed by atoms with E-state index < -0.39 is 29.6 Å². The van der Waals surface area contributed by atoms with Gasteiger partial charge in [-0.2, -0.15) is 4.73 Å². The lowest BCUT2D eigenvalue weighted by molar-refractivity contribution is -0.577. The molecule has 1 aliphatic rings. The van der Waals surface area contributed by atoms with Crippen molar-refractivity contribution in [3.63, 3.8) is 0 Å². The highest BCUT2D eigenvalue weighted by Gasteiger charge is 2.52. The number of carbonyl (C=O) groups excluding carboxylic acids is 2. The fraction of sp³-hybridized carbons (Fsp3) is 0.227. The Morgan fingerprint density at radius 2 is 1.69 bits per heavy atom. The van der Waals surface area contributed by atoms with Crippen LogP contribution in [0.3, 0.4) is 0 Å². The molecule has 1 fully saturated rings. The third-order valence-electron chi connectivity index (χ3n) is 5.38. The molecule has 0 spiro atoms. The van der Waals surface area contributed by atoms with Crippen LogP contribution in [0, 0.1) is 5.21 Å². The van der Waals surface area contributed by atoms with Crippen molar-refractivity contribution in [3.05, 3.63) is 71.6 Å². The van der Waals surface area contributed by atoms with E-state index in [0.717, 1.165) is 21.8 Å². The highest BCUT2D eigenvalue weighted by molar-refractivity contribution is 6.23. The van der Waals surface area contributed by atoms with Crippen LogP contribution in [0.25, 0.3) is 10.9 Å². The number of nitrogens with zero attached hydrogens (tertiary/aromatic N) is 3. The first-order chi connectivity index (χ1) is 15.0. The molecule has 10 heteroatoms. The number of alkyl halides is 3. The van der Waals surface area contributed by atoms with Gasteiger partial charge >= 0.3 is 12.4 Å². The zero-order chi connectivity index (χ0) is 23.3. The first-order valence-corrected chi connectivity index (χ1v) is 9.61. The van der Waals surface area contributed by atoms with Crippen molar-refractivity contribution < 1.29 is 32.2 Å². The number of halogens is 3. The second-order valence-corrected chi connectivity index (χ2v) is 7.79. The highest BCUT2D eigenvalue weighted by Crippen LogP contribution is 2.35. The Balaban J connectivity index is 1.66. The number of imide groups is 1. The molecule has 4 rings (SSSR count). The standard InChI is InChI=1S/C22H18F3N3O4/c1-21(2)19(29)28(15-7-9-16(10-8-15)32-22(23,24)25)20(30)26(21)13-14-11-12-27(31)18-6-4-3-5-17(14)18/h3-12H,13H2,1-2H3. The molecular weight excluding hydrogens is 427 g/mol. The van der Waals surface area contributed by atoms with Gasteiger partial charge in [0.2, 0.25) is 5.52 Å². The van der Waals surface area contributed by atoms with Crippen molar-refractivity contribution >= 4 is 28.5 Å². The summed E-state index contributed by atoms with van der Waals surface area (Å²) in [5.41, 5.74) is 0.0128. The number of amides is 3. The Kier molecular flexibility index (Phi) is 4.95. The van der Waals surface area contributed by atoms with E-state index in [2.05, 4.69) is 4.74 Å². The molecule has 0 unspecified atom stereocenters. The SMILES string of the molecule is CC1(C)C(=O)N(c2ccc(OC(F)(F)F)cc2)C(=O)N1Cc1cc[n+]([O-])c2ccccc12. The Hall–Kier alpha value is -3.82. The van der Waals surface area contributed by atoms with Gasteiger partial charge in [0.25, 0.3) is 5.91 Å². The van der Waals surface area contributed by atoms with Crippen molar-refractivity contribution in [1.82, 2.24) is 4.90 Å². The number of aromatic nitrogens is 1. The Labute approximate surface area is 180 Å². The summed E-state index contributed by atoms with van der Waals surface area (Å²) in [4.78, 5) is 28.6.